The average molecular weight is 687 g/mol. The first-order chi connectivity index (χ1) is 26.8. The molecule has 0 N–H and O–H groups in total. The lowest BCUT2D eigenvalue weighted by molar-refractivity contribution is 0.634. The summed E-state index contributed by atoms with van der Waals surface area (Å²) in [5.41, 5.74) is 12.8. The Bertz CT molecular complexity index is 3070. The molecule has 0 fully saturated rings. The second-order valence-corrected chi connectivity index (χ2v) is 14.8. The quantitative estimate of drug-likeness (QED) is 0.170. The molecule has 2 heterocycles. The van der Waals surface area contributed by atoms with Crippen LogP contribution in [-0.4, -0.2) is 0 Å². The van der Waals surface area contributed by atoms with Gasteiger partial charge in [-0.2, -0.15) is 0 Å². The topological polar surface area (TPSA) is 6.48 Å². The number of hydrogen-bond acceptors (Lipinski definition) is 2. The molecule has 252 valence electrons. The van der Waals surface area contributed by atoms with Crippen LogP contribution in [0.1, 0.15) is 23.2 Å². The van der Waals surface area contributed by atoms with E-state index in [-0.39, 0.29) is 12.1 Å². The van der Waals surface area contributed by atoms with E-state index < -0.39 is 0 Å². The molecule has 54 heavy (non-hydrogen) atoms. The minimum Gasteiger partial charge on any atom is -0.331 e. The van der Waals surface area contributed by atoms with Crippen LogP contribution >= 0.6 is 0 Å². The molecule has 0 aliphatic carbocycles. The maximum absolute atomic E-state index is 2.57. The third-order valence-electron chi connectivity index (χ3n) is 12.1. The summed E-state index contributed by atoms with van der Waals surface area (Å²) in [4.78, 5) is 5.12. The highest BCUT2D eigenvalue weighted by Crippen LogP contribution is 2.62. The highest BCUT2D eigenvalue weighted by Gasteiger charge is 2.49. The molecule has 2 aliphatic rings. The zero-order chi connectivity index (χ0) is 35.3. The smallest absolute Gasteiger partial charge is 0.0861 e. The normalized spacial score (nSPS) is 16.1. The molecule has 2 heteroatoms. The molecule has 0 aromatic heterocycles. The van der Waals surface area contributed by atoms with E-state index in [0.29, 0.717) is 0 Å². The number of nitrogens with zero attached hydrogens (tertiary/aromatic N) is 2. The highest BCUT2D eigenvalue weighted by atomic mass is 15.3. The summed E-state index contributed by atoms with van der Waals surface area (Å²) in [6.07, 6.45) is 0. The average Bonchev–Trinajstić information content (AvgIpc) is 3.76. The maximum atomic E-state index is 2.57. The second-order valence-electron chi connectivity index (χ2n) is 14.8. The lowest BCUT2D eigenvalue weighted by Crippen LogP contribution is -2.24. The molecule has 2 atom stereocenters. The van der Waals surface area contributed by atoms with Crippen LogP contribution in [0.2, 0.25) is 0 Å². The van der Waals surface area contributed by atoms with E-state index in [1.54, 1.807) is 0 Å². The zero-order valence-corrected chi connectivity index (χ0v) is 29.5. The molecule has 2 aliphatic heterocycles. The Morgan fingerprint density at radius 2 is 0.796 bits per heavy atom. The Kier molecular flexibility index (Phi) is 6.20. The summed E-state index contributed by atoms with van der Waals surface area (Å²) in [5.74, 6) is 0. The van der Waals surface area contributed by atoms with E-state index in [1.165, 1.54) is 99.2 Å². The molecule has 0 spiro atoms. The van der Waals surface area contributed by atoms with Crippen LogP contribution in [0, 0.1) is 0 Å². The second kappa shape index (κ2) is 11.3. The molecule has 0 bridgehead atoms. The van der Waals surface area contributed by atoms with E-state index in [0.717, 1.165) is 0 Å². The number of hydrogen-bond donors (Lipinski definition) is 0. The molecular formula is C52H34N2. The van der Waals surface area contributed by atoms with Crippen molar-refractivity contribution in [3.63, 3.8) is 0 Å². The first-order valence-corrected chi connectivity index (χ1v) is 18.9. The Morgan fingerprint density at radius 3 is 1.48 bits per heavy atom. The minimum absolute atomic E-state index is 0.162. The number of rotatable bonds is 4. The van der Waals surface area contributed by atoms with Gasteiger partial charge in [-0.1, -0.05) is 158 Å². The Morgan fingerprint density at radius 1 is 0.296 bits per heavy atom. The van der Waals surface area contributed by atoms with Gasteiger partial charge in [0.1, 0.15) is 0 Å². The van der Waals surface area contributed by atoms with Crippen molar-refractivity contribution in [3.05, 3.63) is 205 Å². The summed E-state index contributed by atoms with van der Waals surface area (Å²) in [6.45, 7) is 0. The van der Waals surface area contributed by atoms with Crippen molar-refractivity contribution < 1.29 is 0 Å². The number of para-hydroxylation sites is 3. The zero-order valence-electron chi connectivity index (χ0n) is 29.5. The van der Waals surface area contributed by atoms with Gasteiger partial charge in [0.05, 0.1) is 12.1 Å². The van der Waals surface area contributed by atoms with Crippen LogP contribution in [0.25, 0.3) is 65.3 Å². The molecular weight excluding hydrogens is 653 g/mol. The maximum Gasteiger partial charge on any atom is 0.0861 e. The largest absolute Gasteiger partial charge is 0.331 e. The monoisotopic (exact) mass is 686 g/mol. The molecule has 10 aromatic rings. The standard InChI is InChI=1S/C52H34N2/c1-2-13-37(14-3-1)53-47-19-8-6-16-45(47)52-51(53)46-17-7-9-20-48(46)54(52)38-27-21-34(22-28-38)40-29-23-35-26-32-44-42(30-24-36-25-31-43(40)49(35)50(36)44)41-18-10-12-33-11-4-5-15-39(33)41/h1-32,51-52H. The van der Waals surface area contributed by atoms with Gasteiger partial charge in [-0.15, -0.1) is 0 Å². The van der Waals surface area contributed by atoms with Crippen LogP contribution in [0.15, 0.2) is 194 Å². The van der Waals surface area contributed by atoms with Crippen molar-refractivity contribution in [2.24, 2.45) is 0 Å². The Balaban J connectivity index is 0.989. The molecule has 2 nitrogen and oxygen atoms in total. The fraction of sp³-hybridized carbons (Fsp3) is 0.0385. The van der Waals surface area contributed by atoms with Crippen LogP contribution in [0.5, 0.6) is 0 Å². The molecule has 0 radical (unpaired) electrons. The number of fused-ring (bicyclic) bond motifs is 6. The third kappa shape index (κ3) is 4.11. The SMILES string of the molecule is c1ccc(N2c3ccccc3C3C2c2ccccc2N3c2ccc(-c3ccc4ccc5c(-c6cccc7ccccc67)ccc6ccc3c4c65)cc2)cc1. The van der Waals surface area contributed by atoms with Crippen molar-refractivity contribution >= 4 is 65.8 Å². The summed E-state index contributed by atoms with van der Waals surface area (Å²) in [7, 11) is 0. The van der Waals surface area contributed by atoms with Gasteiger partial charge in [0.15, 0.2) is 0 Å². The lowest BCUT2D eigenvalue weighted by Gasteiger charge is -2.29. The summed E-state index contributed by atoms with van der Waals surface area (Å²) in [6, 6.07) is 72.4. The van der Waals surface area contributed by atoms with Crippen LogP contribution in [0.3, 0.4) is 0 Å². The first kappa shape index (κ1) is 29.7. The van der Waals surface area contributed by atoms with Crippen molar-refractivity contribution in [1.82, 2.24) is 0 Å². The highest BCUT2D eigenvalue weighted by molar-refractivity contribution is 6.28. The number of anilines is 4. The van der Waals surface area contributed by atoms with Gasteiger partial charge >= 0.3 is 0 Å². The van der Waals surface area contributed by atoms with E-state index in [2.05, 4.69) is 204 Å². The predicted molar refractivity (Wildman–Crippen MR) is 228 cm³/mol. The number of benzene rings is 10. The molecule has 2 unspecified atom stereocenters. The van der Waals surface area contributed by atoms with E-state index in [1.807, 2.05) is 0 Å². The van der Waals surface area contributed by atoms with Crippen LogP contribution < -0.4 is 9.80 Å². The Labute approximate surface area is 314 Å². The fourth-order valence-electron chi connectivity index (χ4n) is 9.85. The van der Waals surface area contributed by atoms with Gasteiger partial charge in [0.25, 0.3) is 0 Å². The van der Waals surface area contributed by atoms with Crippen LogP contribution in [-0.2, 0) is 0 Å². The molecule has 0 saturated heterocycles. The van der Waals surface area contributed by atoms with E-state index in [9.17, 15) is 0 Å². The van der Waals surface area contributed by atoms with Gasteiger partial charge in [-0.05, 0) is 102 Å². The van der Waals surface area contributed by atoms with Gasteiger partial charge in [-0.3, -0.25) is 0 Å². The summed E-state index contributed by atoms with van der Waals surface area (Å²) < 4.78 is 0. The third-order valence-corrected chi connectivity index (χ3v) is 12.1. The first-order valence-electron chi connectivity index (χ1n) is 18.9. The summed E-state index contributed by atoms with van der Waals surface area (Å²) >= 11 is 0. The van der Waals surface area contributed by atoms with Crippen molar-refractivity contribution in [2.45, 2.75) is 12.1 Å². The minimum atomic E-state index is 0.162. The molecule has 0 amide bonds. The lowest BCUT2D eigenvalue weighted by atomic mass is 9.86. The van der Waals surface area contributed by atoms with Crippen molar-refractivity contribution in [2.75, 3.05) is 9.80 Å². The van der Waals surface area contributed by atoms with E-state index in [4.69, 9.17) is 0 Å². The van der Waals surface area contributed by atoms with Gasteiger partial charge in [0, 0.05) is 33.9 Å². The van der Waals surface area contributed by atoms with Gasteiger partial charge in [-0.25, -0.2) is 0 Å². The molecule has 0 saturated carbocycles. The van der Waals surface area contributed by atoms with Gasteiger partial charge < -0.3 is 9.80 Å². The molecule has 12 rings (SSSR count). The van der Waals surface area contributed by atoms with Crippen LogP contribution in [0.4, 0.5) is 22.7 Å². The predicted octanol–water partition coefficient (Wildman–Crippen LogP) is 14.2. The Hall–Kier alpha value is -6.90. The molecule has 10 aromatic carbocycles. The van der Waals surface area contributed by atoms with Gasteiger partial charge in [0.2, 0.25) is 0 Å². The van der Waals surface area contributed by atoms with Crippen molar-refractivity contribution in [3.8, 4) is 22.3 Å². The summed E-state index contributed by atoms with van der Waals surface area (Å²) in [5, 5.41) is 10.4. The fourth-order valence-corrected chi connectivity index (χ4v) is 9.85. The van der Waals surface area contributed by atoms with Crippen molar-refractivity contribution in [1.29, 1.82) is 0 Å². The van der Waals surface area contributed by atoms with E-state index >= 15 is 0 Å².